The third-order valence-electron chi connectivity index (χ3n) is 4.11. The van der Waals surface area contributed by atoms with Gasteiger partial charge >= 0.3 is 5.69 Å². The second kappa shape index (κ2) is 6.83. The highest BCUT2D eigenvalue weighted by Gasteiger charge is 2.20. The Balaban J connectivity index is 2.15. The quantitative estimate of drug-likeness (QED) is 0.712. The molecule has 1 fully saturated rings. The average molecular weight is 294 g/mol. The molecule has 0 radical (unpaired) electrons. The van der Waals surface area contributed by atoms with Crippen molar-refractivity contribution in [1.29, 1.82) is 0 Å². The lowest BCUT2D eigenvalue weighted by Gasteiger charge is -2.15. The van der Waals surface area contributed by atoms with E-state index in [1.54, 1.807) is 0 Å². The molecule has 3 N–H and O–H groups in total. The molecule has 21 heavy (non-hydrogen) atoms. The number of rotatable bonds is 8. The van der Waals surface area contributed by atoms with Crippen LogP contribution in [0.3, 0.4) is 0 Å². The van der Waals surface area contributed by atoms with Crippen LogP contribution >= 0.6 is 0 Å². The molecule has 0 aliphatic heterocycles. The van der Waals surface area contributed by atoms with Gasteiger partial charge in [0, 0.05) is 20.1 Å². The van der Waals surface area contributed by atoms with Gasteiger partial charge in [0.1, 0.15) is 11.5 Å². The molecule has 6 heteroatoms. The normalized spacial score (nSPS) is 14.4. The zero-order valence-electron chi connectivity index (χ0n) is 13.0. The van der Waals surface area contributed by atoms with E-state index >= 15 is 0 Å². The van der Waals surface area contributed by atoms with Crippen LogP contribution in [-0.4, -0.2) is 15.7 Å². The van der Waals surface area contributed by atoms with Gasteiger partial charge < -0.3 is 11.1 Å². The van der Waals surface area contributed by atoms with E-state index in [1.807, 2.05) is 0 Å². The summed E-state index contributed by atoms with van der Waals surface area (Å²) in [6, 6.07) is 0. The van der Waals surface area contributed by atoms with E-state index in [-0.39, 0.29) is 17.1 Å². The molecule has 0 amide bonds. The number of anilines is 2. The predicted molar refractivity (Wildman–Crippen MR) is 85.7 cm³/mol. The van der Waals surface area contributed by atoms with Gasteiger partial charge in [-0.25, -0.2) is 4.79 Å². The monoisotopic (exact) mass is 294 g/mol. The van der Waals surface area contributed by atoms with Crippen LogP contribution in [-0.2, 0) is 13.6 Å². The molecular formula is C15H26N4O2. The standard InChI is InChI=1S/C15H26N4O2/c1-3-4-10-19-13(16)12(14(20)18(2)15(19)21)17-9-5-6-11-7-8-11/h11,17H,3-10,16H2,1-2H3. The fourth-order valence-electron chi connectivity index (χ4n) is 2.49. The summed E-state index contributed by atoms with van der Waals surface area (Å²) in [6.45, 7) is 3.33. The Morgan fingerprint density at radius 2 is 2.00 bits per heavy atom. The van der Waals surface area contributed by atoms with Crippen molar-refractivity contribution in [1.82, 2.24) is 9.13 Å². The van der Waals surface area contributed by atoms with Crippen LogP contribution in [0.15, 0.2) is 9.59 Å². The molecule has 0 spiro atoms. The van der Waals surface area contributed by atoms with Crippen molar-refractivity contribution in [3.05, 3.63) is 20.8 Å². The predicted octanol–water partition coefficient (Wildman–Crippen LogP) is 1.53. The van der Waals surface area contributed by atoms with Crippen molar-refractivity contribution >= 4 is 11.5 Å². The summed E-state index contributed by atoms with van der Waals surface area (Å²) < 4.78 is 2.63. The molecule has 1 saturated carbocycles. The maximum absolute atomic E-state index is 12.2. The maximum Gasteiger partial charge on any atom is 0.332 e. The number of nitrogen functional groups attached to an aromatic ring is 1. The smallest absolute Gasteiger partial charge is 0.332 e. The second-order valence-corrected chi connectivity index (χ2v) is 5.92. The molecule has 1 heterocycles. The number of hydrogen-bond donors (Lipinski definition) is 2. The molecule has 0 unspecified atom stereocenters. The van der Waals surface area contributed by atoms with Crippen molar-refractivity contribution in [3.8, 4) is 0 Å². The Labute approximate surface area is 125 Å². The summed E-state index contributed by atoms with van der Waals surface area (Å²) in [4.78, 5) is 24.3. The SMILES string of the molecule is CCCCn1c(N)c(NCCCC2CC2)c(=O)n(C)c1=O. The van der Waals surface area contributed by atoms with E-state index in [0.29, 0.717) is 12.2 Å². The first kappa shape index (κ1) is 15.7. The molecule has 1 aliphatic rings. The molecule has 0 aromatic carbocycles. The van der Waals surface area contributed by atoms with Crippen LogP contribution in [0.5, 0.6) is 0 Å². The molecule has 1 aromatic rings. The maximum atomic E-state index is 12.2. The average Bonchev–Trinajstić information content (AvgIpc) is 3.28. The van der Waals surface area contributed by atoms with Crippen molar-refractivity contribution in [2.45, 2.75) is 52.0 Å². The first-order valence-electron chi connectivity index (χ1n) is 7.89. The van der Waals surface area contributed by atoms with E-state index in [2.05, 4.69) is 12.2 Å². The first-order valence-corrected chi connectivity index (χ1v) is 7.89. The van der Waals surface area contributed by atoms with Crippen LogP contribution in [0.1, 0.15) is 45.4 Å². The largest absolute Gasteiger partial charge is 0.383 e. The number of nitrogens with zero attached hydrogens (tertiary/aromatic N) is 2. The molecule has 6 nitrogen and oxygen atoms in total. The number of hydrogen-bond acceptors (Lipinski definition) is 4. The molecule has 1 aliphatic carbocycles. The highest BCUT2D eigenvalue weighted by molar-refractivity contribution is 5.60. The summed E-state index contributed by atoms with van der Waals surface area (Å²) in [5.74, 6) is 1.15. The Hall–Kier alpha value is -1.72. The van der Waals surface area contributed by atoms with Gasteiger partial charge in [0.25, 0.3) is 5.56 Å². The third kappa shape index (κ3) is 3.68. The van der Waals surface area contributed by atoms with Crippen molar-refractivity contribution in [3.63, 3.8) is 0 Å². The van der Waals surface area contributed by atoms with Gasteiger partial charge in [-0.2, -0.15) is 0 Å². The van der Waals surface area contributed by atoms with Gasteiger partial charge in [0.2, 0.25) is 0 Å². The van der Waals surface area contributed by atoms with Crippen LogP contribution in [0, 0.1) is 5.92 Å². The van der Waals surface area contributed by atoms with E-state index in [0.717, 1.165) is 36.3 Å². The second-order valence-electron chi connectivity index (χ2n) is 5.92. The highest BCUT2D eigenvalue weighted by Crippen LogP contribution is 2.33. The Morgan fingerprint density at radius 3 is 2.62 bits per heavy atom. The van der Waals surface area contributed by atoms with Crippen molar-refractivity contribution < 1.29 is 0 Å². The summed E-state index contributed by atoms with van der Waals surface area (Å²) >= 11 is 0. The minimum atomic E-state index is -0.338. The molecule has 0 saturated heterocycles. The van der Waals surface area contributed by atoms with Gasteiger partial charge in [-0.3, -0.25) is 13.9 Å². The van der Waals surface area contributed by atoms with Crippen LogP contribution in [0.2, 0.25) is 0 Å². The van der Waals surface area contributed by atoms with E-state index in [4.69, 9.17) is 5.73 Å². The van der Waals surface area contributed by atoms with Gasteiger partial charge in [-0.15, -0.1) is 0 Å². The lowest BCUT2D eigenvalue weighted by atomic mass is 10.2. The topological polar surface area (TPSA) is 82.0 Å². The van der Waals surface area contributed by atoms with Crippen LogP contribution in [0.25, 0.3) is 0 Å². The highest BCUT2D eigenvalue weighted by atomic mass is 16.2. The molecule has 0 bridgehead atoms. The minimum absolute atomic E-state index is 0.267. The molecule has 118 valence electrons. The van der Waals surface area contributed by atoms with Crippen LogP contribution < -0.4 is 22.3 Å². The number of nitrogens with two attached hydrogens (primary N) is 1. The van der Waals surface area contributed by atoms with E-state index in [9.17, 15) is 9.59 Å². The number of aromatic nitrogens is 2. The summed E-state index contributed by atoms with van der Waals surface area (Å²) in [5, 5.41) is 3.13. The number of unbranched alkanes of at least 4 members (excludes halogenated alkanes) is 1. The Kier molecular flexibility index (Phi) is 5.09. The lowest BCUT2D eigenvalue weighted by molar-refractivity contribution is 0.575. The fourth-order valence-corrected chi connectivity index (χ4v) is 2.49. The van der Waals surface area contributed by atoms with Crippen LogP contribution in [0.4, 0.5) is 11.5 Å². The van der Waals surface area contributed by atoms with Crippen molar-refractivity contribution in [2.75, 3.05) is 17.6 Å². The van der Waals surface area contributed by atoms with Gasteiger partial charge in [-0.05, 0) is 25.2 Å². The Bertz CT molecular complexity index is 599. The first-order chi connectivity index (χ1) is 10.1. The Morgan fingerprint density at radius 1 is 1.29 bits per heavy atom. The van der Waals surface area contributed by atoms with Crippen molar-refractivity contribution in [2.24, 2.45) is 13.0 Å². The third-order valence-corrected chi connectivity index (χ3v) is 4.11. The molecule has 1 aromatic heterocycles. The van der Waals surface area contributed by atoms with Gasteiger partial charge in [-0.1, -0.05) is 26.2 Å². The summed E-state index contributed by atoms with van der Waals surface area (Å²) in [5.41, 5.74) is 5.73. The number of nitrogens with one attached hydrogen (secondary N) is 1. The van der Waals surface area contributed by atoms with Gasteiger partial charge in [0.15, 0.2) is 0 Å². The van der Waals surface area contributed by atoms with E-state index < -0.39 is 0 Å². The summed E-state index contributed by atoms with van der Waals surface area (Å²) in [7, 11) is 1.50. The zero-order valence-corrected chi connectivity index (χ0v) is 13.0. The lowest BCUT2D eigenvalue weighted by Crippen LogP contribution is -2.40. The fraction of sp³-hybridized carbons (Fsp3) is 0.733. The molecular weight excluding hydrogens is 268 g/mol. The summed E-state index contributed by atoms with van der Waals surface area (Å²) in [6.07, 6.45) is 6.74. The van der Waals surface area contributed by atoms with Gasteiger partial charge in [0.05, 0.1) is 0 Å². The van der Waals surface area contributed by atoms with E-state index in [1.165, 1.54) is 30.9 Å². The zero-order chi connectivity index (χ0) is 15.4. The minimum Gasteiger partial charge on any atom is -0.383 e. The molecule has 0 atom stereocenters. The molecule has 2 rings (SSSR count).